The van der Waals surface area contributed by atoms with Crippen LogP contribution < -0.4 is 10.2 Å². The van der Waals surface area contributed by atoms with Gasteiger partial charge >= 0.3 is 5.97 Å². The van der Waals surface area contributed by atoms with Crippen molar-refractivity contribution in [3.63, 3.8) is 0 Å². The van der Waals surface area contributed by atoms with Gasteiger partial charge in [-0.3, -0.25) is 19.2 Å². The Kier molecular flexibility index (Phi) is 7.30. The second-order valence-electron chi connectivity index (χ2n) is 9.07. The monoisotopic (exact) mass is 484 g/mol. The van der Waals surface area contributed by atoms with E-state index in [1.165, 1.54) is 23.6 Å². The van der Waals surface area contributed by atoms with Crippen LogP contribution in [0.5, 0.6) is 0 Å². The molecule has 1 aromatic heterocycles. The summed E-state index contributed by atoms with van der Waals surface area (Å²) in [6, 6.07) is 9.15. The summed E-state index contributed by atoms with van der Waals surface area (Å²) in [5, 5.41) is 7.56. The molecule has 0 bridgehead atoms. The third-order valence-corrected chi connectivity index (χ3v) is 7.35. The Balaban J connectivity index is 1.74. The van der Waals surface area contributed by atoms with Gasteiger partial charge < -0.3 is 10.1 Å². The number of aromatic nitrogens is 2. The number of anilines is 1. The molecule has 2 aromatic rings. The molecule has 1 saturated carbocycles. The molecular formula is C25H32N4O4S. The first-order valence-corrected chi connectivity index (χ1v) is 13.1. The van der Waals surface area contributed by atoms with E-state index in [0.717, 1.165) is 30.6 Å². The van der Waals surface area contributed by atoms with Gasteiger partial charge in [-0.1, -0.05) is 31.7 Å². The van der Waals surface area contributed by atoms with Gasteiger partial charge in [-0.25, -0.2) is 4.79 Å². The van der Waals surface area contributed by atoms with Crippen molar-refractivity contribution < 1.29 is 19.1 Å². The van der Waals surface area contributed by atoms with Crippen molar-refractivity contribution in [3.05, 3.63) is 41.7 Å². The van der Waals surface area contributed by atoms with Crippen LogP contribution in [0.3, 0.4) is 0 Å². The van der Waals surface area contributed by atoms with Crippen LogP contribution in [0, 0.1) is 0 Å². The Morgan fingerprint density at radius 2 is 1.94 bits per heavy atom. The predicted octanol–water partition coefficient (Wildman–Crippen LogP) is 4.04. The largest absolute Gasteiger partial charge is 0.461 e. The number of nitrogens with one attached hydrogen (secondary N) is 1. The van der Waals surface area contributed by atoms with Crippen molar-refractivity contribution in [2.75, 3.05) is 17.8 Å². The molecular weight excluding hydrogens is 452 g/mol. The molecule has 182 valence electrons. The van der Waals surface area contributed by atoms with Gasteiger partial charge in [0.1, 0.15) is 11.2 Å². The Hall–Kier alpha value is -2.81. The second-order valence-corrected chi connectivity index (χ2v) is 9.95. The van der Waals surface area contributed by atoms with E-state index in [1.54, 1.807) is 30.5 Å². The van der Waals surface area contributed by atoms with Gasteiger partial charge in [0.25, 0.3) is 5.91 Å². The van der Waals surface area contributed by atoms with Crippen LogP contribution in [0.1, 0.15) is 73.3 Å². The number of esters is 1. The number of nitrogens with zero attached hydrogens (tertiary/aromatic N) is 3. The van der Waals surface area contributed by atoms with Gasteiger partial charge in [-0.2, -0.15) is 5.10 Å². The summed E-state index contributed by atoms with van der Waals surface area (Å²) in [7, 11) is 0. The van der Waals surface area contributed by atoms with Crippen LogP contribution in [0.15, 0.2) is 35.2 Å². The van der Waals surface area contributed by atoms with Crippen molar-refractivity contribution in [2.45, 2.75) is 75.4 Å². The third kappa shape index (κ3) is 4.71. The molecule has 0 saturated heterocycles. The summed E-state index contributed by atoms with van der Waals surface area (Å²) < 4.78 is 6.54. The zero-order chi connectivity index (χ0) is 24.3. The minimum absolute atomic E-state index is 0.0661. The molecule has 8 nitrogen and oxygen atoms in total. The topological polar surface area (TPSA) is 93.5 Å². The SMILES string of the molecule is CCOC(=O)c1cc2n(n1)CC(C)(C(=O)NC1CCCCCC1)N(c1cccc(SC)c1)C2=O. The number of amides is 2. The third-order valence-electron chi connectivity index (χ3n) is 6.63. The molecule has 1 unspecified atom stereocenters. The van der Waals surface area contributed by atoms with E-state index >= 15 is 0 Å². The summed E-state index contributed by atoms with van der Waals surface area (Å²) >= 11 is 1.57. The minimum Gasteiger partial charge on any atom is -0.461 e. The average molecular weight is 485 g/mol. The van der Waals surface area contributed by atoms with E-state index in [4.69, 9.17) is 4.74 Å². The number of benzene rings is 1. The van der Waals surface area contributed by atoms with Gasteiger partial charge in [-0.15, -0.1) is 11.8 Å². The van der Waals surface area contributed by atoms with Gasteiger partial charge in [-0.05, 0) is 51.1 Å². The van der Waals surface area contributed by atoms with Crippen LogP contribution in [-0.2, 0) is 16.1 Å². The van der Waals surface area contributed by atoms with Gasteiger partial charge in [0, 0.05) is 22.7 Å². The number of hydrogen-bond acceptors (Lipinski definition) is 6. The zero-order valence-electron chi connectivity index (χ0n) is 20.0. The first-order valence-electron chi connectivity index (χ1n) is 11.9. The number of rotatable bonds is 6. The van der Waals surface area contributed by atoms with Crippen molar-refractivity contribution in [1.29, 1.82) is 0 Å². The maximum absolute atomic E-state index is 13.8. The fourth-order valence-corrected chi connectivity index (χ4v) is 5.26. The van der Waals surface area contributed by atoms with E-state index in [9.17, 15) is 14.4 Å². The number of hydrogen-bond donors (Lipinski definition) is 1. The minimum atomic E-state index is -1.22. The molecule has 34 heavy (non-hydrogen) atoms. The molecule has 2 aliphatic rings. The molecule has 9 heteroatoms. The lowest BCUT2D eigenvalue weighted by Crippen LogP contribution is -2.65. The molecule has 2 heterocycles. The van der Waals surface area contributed by atoms with E-state index in [0.29, 0.717) is 5.69 Å². The maximum Gasteiger partial charge on any atom is 0.358 e. The number of carbonyl (C=O) groups excluding carboxylic acids is 3. The van der Waals surface area contributed by atoms with Gasteiger partial charge in [0.15, 0.2) is 5.69 Å². The highest BCUT2D eigenvalue weighted by Crippen LogP contribution is 2.35. The highest BCUT2D eigenvalue weighted by Gasteiger charge is 2.49. The first-order chi connectivity index (χ1) is 16.4. The van der Waals surface area contributed by atoms with E-state index in [-0.39, 0.29) is 42.4 Å². The molecule has 0 radical (unpaired) electrons. The highest BCUT2D eigenvalue weighted by molar-refractivity contribution is 7.98. The number of thioether (sulfide) groups is 1. The van der Waals surface area contributed by atoms with Gasteiger partial charge in [0.05, 0.1) is 13.2 Å². The molecule has 0 spiro atoms. The average Bonchev–Trinajstić information content (AvgIpc) is 3.08. The lowest BCUT2D eigenvalue weighted by atomic mass is 9.93. The standard InChI is InChI=1S/C25H32N4O4S/c1-4-33-23(31)20-15-21-22(30)29(18-12-9-13-19(14-18)34-3)25(2,16-28(21)27-20)24(32)26-17-10-7-5-6-8-11-17/h9,12-15,17H,4-8,10-11,16H2,1-3H3,(H,26,32). The van der Waals surface area contributed by atoms with Crippen molar-refractivity contribution in [1.82, 2.24) is 15.1 Å². The fourth-order valence-electron chi connectivity index (χ4n) is 4.80. The molecule has 1 N–H and O–H groups in total. The smallest absolute Gasteiger partial charge is 0.358 e. The van der Waals surface area contributed by atoms with Crippen molar-refractivity contribution >= 4 is 35.2 Å². The second kappa shape index (κ2) is 10.2. The van der Waals surface area contributed by atoms with Crippen LogP contribution in [-0.4, -0.2) is 52.0 Å². The lowest BCUT2D eigenvalue weighted by molar-refractivity contribution is -0.127. The first kappa shape index (κ1) is 24.3. The summed E-state index contributed by atoms with van der Waals surface area (Å²) in [6.45, 7) is 3.84. The van der Waals surface area contributed by atoms with Crippen molar-refractivity contribution in [3.8, 4) is 0 Å². The lowest BCUT2D eigenvalue weighted by Gasteiger charge is -2.43. The summed E-state index contributed by atoms with van der Waals surface area (Å²) in [5.41, 5.74) is -0.250. The molecule has 1 aliphatic heterocycles. The molecule has 2 amide bonds. The quantitative estimate of drug-likeness (QED) is 0.378. The Bertz CT molecular complexity index is 1080. The summed E-state index contributed by atoms with van der Waals surface area (Å²) in [6.07, 6.45) is 8.40. The van der Waals surface area contributed by atoms with Crippen LogP contribution in [0.25, 0.3) is 0 Å². The molecule has 1 aromatic carbocycles. The van der Waals surface area contributed by atoms with E-state index in [1.807, 2.05) is 30.5 Å². The van der Waals surface area contributed by atoms with Crippen LogP contribution in [0.4, 0.5) is 5.69 Å². The Morgan fingerprint density at radius 3 is 2.62 bits per heavy atom. The zero-order valence-corrected chi connectivity index (χ0v) is 20.8. The Morgan fingerprint density at radius 1 is 1.21 bits per heavy atom. The Labute approximate surface area is 204 Å². The fraction of sp³-hybridized carbons (Fsp3) is 0.520. The predicted molar refractivity (Wildman–Crippen MR) is 131 cm³/mol. The van der Waals surface area contributed by atoms with Gasteiger partial charge in [0.2, 0.25) is 5.91 Å². The normalized spacial score (nSPS) is 21.0. The summed E-state index contributed by atoms with van der Waals surface area (Å²) in [4.78, 5) is 42.4. The number of carbonyl (C=O) groups is 3. The molecule has 1 aliphatic carbocycles. The van der Waals surface area contributed by atoms with E-state index < -0.39 is 11.5 Å². The highest BCUT2D eigenvalue weighted by atomic mass is 32.2. The van der Waals surface area contributed by atoms with Crippen molar-refractivity contribution in [2.24, 2.45) is 0 Å². The number of fused-ring (bicyclic) bond motifs is 1. The summed E-state index contributed by atoms with van der Waals surface area (Å²) in [5.74, 6) is -1.16. The van der Waals surface area contributed by atoms with Crippen LogP contribution >= 0.6 is 11.8 Å². The number of ether oxygens (including phenoxy) is 1. The maximum atomic E-state index is 13.8. The van der Waals surface area contributed by atoms with E-state index in [2.05, 4.69) is 10.4 Å². The molecule has 1 fully saturated rings. The molecule has 4 rings (SSSR count). The molecule has 1 atom stereocenters. The van der Waals surface area contributed by atoms with Crippen LogP contribution in [0.2, 0.25) is 0 Å².